The first-order chi connectivity index (χ1) is 23.5. The predicted molar refractivity (Wildman–Crippen MR) is 190 cm³/mol. The van der Waals surface area contributed by atoms with Crippen LogP contribution in [0.1, 0.15) is 49.1 Å². The molecular weight excluding hydrogens is 736 g/mol. The predicted octanol–water partition coefficient (Wildman–Crippen LogP) is 6.05. The molecule has 0 spiro atoms. The van der Waals surface area contributed by atoms with E-state index in [1.54, 1.807) is 51.1 Å². The van der Waals surface area contributed by atoms with Crippen LogP contribution in [0, 0.1) is 6.92 Å². The Morgan fingerprint density at radius 2 is 1.82 bits per heavy atom. The fourth-order valence-corrected chi connectivity index (χ4v) is 7.33. The molecule has 4 aromatic rings. The number of hydrogen-bond donors (Lipinski definition) is 0. The van der Waals surface area contributed by atoms with Crippen LogP contribution in [0.5, 0.6) is 17.2 Å². The molecule has 10 nitrogen and oxygen atoms in total. The highest BCUT2D eigenvalue weighted by molar-refractivity contribution is 9.10. The summed E-state index contributed by atoms with van der Waals surface area (Å²) < 4.78 is 30.1. The molecule has 1 aliphatic heterocycles. The number of carbonyl (C=O) groups is 2. The third-order valence-corrected chi connectivity index (χ3v) is 9.31. The van der Waals surface area contributed by atoms with Gasteiger partial charge in [-0.3, -0.25) is 9.36 Å². The highest BCUT2D eigenvalue weighted by atomic mass is 79.9. The highest BCUT2D eigenvalue weighted by Crippen LogP contribution is 2.37. The lowest BCUT2D eigenvalue weighted by Crippen LogP contribution is -2.40. The topological polar surface area (TPSA) is 115 Å². The van der Waals surface area contributed by atoms with Crippen molar-refractivity contribution in [1.29, 1.82) is 0 Å². The molecule has 1 aliphatic rings. The first kappa shape index (κ1) is 35.9. The molecule has 2 heterocycles. The van der Waals surface area contributed by atoms with Gasteiger partial charge in [-0.05, 0) is 90.7 Å². The largest absolute Gasteiger partial charge is 0.490 e. The van der Waals surface area contributed by atoms with Gasteiger partial charge in [0.15, 0.2) is 28.7 Å². The Kier molecular flexibility index (Phi) is 11.6. The summed E-state index contributed by atoms with van der Waals surface area (Å²) in [7, 11) is 1.27. The molecule has 3 aromatic carbocycles. The third kappa shape index (κ3) is 8.09. The molecule has 0 fully saturated rings. The van der Waals surface area contributed by atoms with Crippen molar-refractivity contribution in [3.63, 3.8) is 0 Å². The molecule has 0 unspecified atom stereocenters. The molecule has 0 amide bonds. The zero-order valence-electron chi connectivity index (χ0n) is 27.5. The second-order valence-electron chi connectivity index (χ2n) is 10.9. The van der Waals surface area contributed by atoms with Crippen LogP contribution in [0.3, 0.4) is 0 Å². The number of aromatic nitrogens is 1. The summed E-state index contributed by atoms with van der Waals surface area (Å²) in [6.07, 6.45) is 1.72. The van der Waals surface area contributed by atoms with Crippen LogP contribution in [0.2, 0.25) is 5.02 Å². The summed E-state index contributed by atoms with van der Waals surface area (Å²) in [5, 5.41) is 0.373. The number of nitrogens with zero attached hydrogens (tertiary/aromatic N) is 2. The quantitative estimate of drug-likeness (QED) is 0.160. The number of ether oxygens (including phenoxy) is 5. The molecule has 13 heteroatoms. The van der Waals surface area contributed by atoms with Crippen LogP contribution in [-0.2, 0) is 25.7 Å². The van der Waals surface area contributed by atoms with Crippen LogP contribution in [0.4, 0.5) is 0 Å². The number of esters is 2. The molecule has 5 rings (SSSR count). The minimum absolute atomic E-state index is 0.137. The smallest absolute Gasteiger partial charge is 0.343 e. The van der Waals surface area contributed by atoms with Crippen molar-refractivity contribution < 1.29 is 33.3 Å². The van der Waals surface area contributed by atoms with Crippen molar-refractivity contribution in [1.82, 2.24) is 4.57 Å². The molecule has 49 heavy (non-hydrogen) atoms. The van der Waals surface area contributed by atoms with Crippen molar-refractivity contribution in [3.8, 4) is 17.2 Å². The van der Waals surface area contributed by atoms with E-state index in [1.807, 2.05) is 37.3 Å². The highest BCUT2D eigenvalue weighted by Gasteiger charge is 2.34. The van der Waals surface area contributed by atoms with Gasteiger partial charge in [-0.2, -0.15) is 0 Å². The summed E-state index contributed by atoms with van der Waals surface area (Å²) in [4.78, 5) is 44.3. The minimum atomic E-state index is -0.890. The Bertz CT molecular complexity index is 2100. The maximum Gasteiger partial charge on any atom is 0.343 e. The van der Waals surface area contributed by atoms with E-state index >= 15 is 0 Å². The van der Waals surface area contributed by atoms with Crippen molar-refractivity contribution in [2.45, 2.75) is 40.3 Å². The average Bonchev–Trinajstić information content (AvgIpc) is 3.36. The van der Waals surface area contributed by atoms with E-state index in [2.05, 4.69) is 25.7 Å². The van der Waals surface area contributed by atoms with Gasteiger partial charge < -0.3 is 23.7 Å². The van der Waals surface area contributed by atoms with Gasteiger partial charge in [0.25, 0.3) is 5.56 Å². The fraction of sp³-hybridized carbons (Fsp3) is 0.278. The van der Waals surface area contributed by atoms with E-state index < -0.39 is 18.0 Å². The van der Waals surface area contributed by atoms with Gasteiger partial charge in [-0.15, -0.1) is 0 Å². The van der Waals surface area contributed by atoms with E-state index in [4.69, 9.17) is 30.5 Å². The molecule has 1 aromatic heterocycles. The maximum absolute atomic E-state index is 14.2. The number of fused-ring (bicyclic) bond motifs is 1. The molecule has 0 N–H and O–H groups in total. The molecule has 0 aliphatic carbocycles. The van der Waals surface area contributed by atoms with E-state index in [0.29, 0.717) is 66.1 Å². The summed E-state index contributed by atoms with van der Waals surface area (Å²) in [6.45, 7) is 7.70. The van der Waals surface area contributed by atoms with Crippen LogP contribution < -0.4 is 29.1 Å². The number of benzene rings is 3. The summed E-state index contributed by atoms with van der Waals surface area (Å²) >= 11 is 11.4. The zero-order valence-corrected chi connectivity index (χ0v) is 30.7. The summed E-state index contributed by atoms with van der Waals surface area (Å²) in [5.41, 5.74) is 3.63. The van der Waals surface area contributed by atoms with Gasteiger partial charge in [0, 0.05) is 0 Å². The Morgan fingerprint density at radius 3 is 2.51 bits per heavy atom. The average molecular weight is 770 g/mol. The monoisotopic (exact) mass is 768 g/mol. The lowest BCUT2D eigenvalue weighted by atomic mass is 9.95. The molecule has 0 radical (unpaired) electrons. The van der Waals surface area contributed by atoms with Gasteiger partial charge in [-0.25, -0.2) is 14.6 Å². The van der Waals surface area contributed by atoms with Crippen LogP contribution in [0.15, 0.2) is 80.1 Å². The lowest BCUT2D eigenvalue weighted by Gasteiger charge is -2.25. The molecule has 1 atom stereocenters. The minimum Gasteiger partial charge on any atom is -0.490 e. The van der Waals surface area contributed by atoms with Crippen molar-refractivity contribution in [3.05, 3.63) is 117 Å². The van der Waals surface area contributed by atoms with Gasteiger partial charge in [0.2, 0.25) is 0 Å². The third-order valence-electron chi connectivity index (χ3n) is 7.46. The summed E-state index contributed by atoms with van der Waals surface area (Å²) in [5.74, 6) is -0.0345. The van der Waals surface area contributed by atoms with Crippen molar-refractivity contribution in [2.75, 3.05) is 26.9 Å². The van der Waals surface area contributed by atoms with Gasteiger partial charge >= 0.3 is 11.9 Å². The van der Waals surface area contributed by atoms with Crippen molar-refractivity contribution in [2.24, 2.45) is 4.99 Å². The normalized spacial score (nSPS) is 14.2. The summed E-state index contributed by atoms with van der Waals surface area (Å²) in [6, 6.07) is 15.7. The van der Waals surface area contributed by atoms with Crippen molar-refractivity contribution >= 4 is 56.9 Å². The maximum atomic E-state index is 14.2. The number of aryl methyl sites for hydroxylation is 1. The lowest BCUT2D eigenvalue weighted by molar-refractivity contribution is -0.143. The number of carbonyl (C=O) groups excluding carboxylic acids is 2. The van der Waals surface area contributed by atoms with Crippen LogP contribution in [0.25, 0.3) is 6.08 Å². The number of methoxy groups -OCH3 is 1. The number of rotatable bonds is 12. The van der Waals surface area contributed by atoms with Gasteiger partial charge in [0.05, 0.1) is 51.7 Å². The Morgan fingerprint density at radius 1 is 1.02 bits per heavy atom. The Hall–Kier alpha value is -4.39. The zero-order chi connectivity index (χ0) is 35.2. The molecular formula is C36H34BrClN2O8S. The van der Waals surface area contributed by atoms with Crippen LogP contribution >= 0.6 is 38.9 Å². The van der Waals surface area contributed by atoms with E-state index in [1.165, 1.54) is 23.0 Å². The fourth-order valence-electron chi connectivity index (χ4n) is 5.29. The molecule has 256 valence electrons. The molecule has 0 bridgehead atoms. The first-order valence-electron chi connectivity index (χ1n) is 15.4. The number of halogens is 2. The molecule has 0 saturated carbocycles. The van der Waals surface area contributed by atoms with Gasteiger partial charge in [-0.1, -0.05) is 58.8 Å². The Labute approximate surface area is 300 Å². The second kappa shape index (κ2) is 15.9. The van der Waals surface area contributed by atoms with E-state index in [9.17, 15) is 14.4 Å². The van der Waals surface area contributed by atoms with Crippen LogP contribution in [-0.4, -0.2) is 43.4 Å². The number of hydrogen-bond acceptors (Lipinski definition) is 10. The van der Waals surface area contributed by atoms with Gasteiger partial charge in [0.1, 0.15) is 6.61 Å². The number of thiazole rings is 1. The van der Waals surface area contributed by atoms with E-state index in [-0.39, 0.29) is 24.3 Å². The molecule has 0 saturated heterocycles. The van der Waals surface area contributed by atoms with E-state index in [0.717, 1.165) is 11.1 Å². The Balaban J connectivity index is 1.57. The first-order valence-corrected chi connectivity index (χ1v) is 17.4. The SMILES string of the molecule is CCOC(=O)C1=C(C)N=c2s/c(=C\c3cc(Cl)c(OCc4cccc(C)c4)c(Br)c3)c(=O)n2[C@@H]1c1ccc(OCC(=O)OC)c(OCC)c1. The number of allylic oxidation sites excluding steroid dienone is 1. The standard InChI is InChI=1S/C36H34BrClN2O8S/c1-6-45-28-17-24(11-12-27(28)47-19-30(41)44-5)32-31(35(43)46-7-2)21(4)39-36-40(32)34(42)29(49-36)16-23-14-25(37)33(26(38)15-23)48-18-22-10-8-9-20(3)13-22/h8-17,32H,6-7,18-19H2,1-5H3/b29-16-/t32-/m1/s1. The second-order valence-corrected chi connectivity index (χ2v) is 13.2.